The van der Waals surface area contributed by atoms with Crippen molar-refractivity contribution in [3.63, 3.8) is 0 Å². The Morgan fingerprint density at radius 2 is 2.00 bits per heavy atom. The van der Waals surface area contributed by atoms with Gasteiger partial charge in [0.25, 0.3) is 5.78 Å². The van der Waals surface area contributed by atoms with Crippen LogP contribution in [-0.4, -0.2) is 34.8 Å². The first-order chi connectivity index (χ1) is 5.49. The highest BCUT2D eigenvalue weighted by molar-refractivity contribution is 9.10. The van der Waals surface area contributed by atoms with Crippen molar-refractivity contribution in [2.75, 3.05) is 7.11 Å². The van der Waals surface area contributed by atoms with Crippen LogP contribution in [0, 0.1) is 0 Å². The molecule has 0 heterocycles. The molecule has 0 bridgehead atoms. The summed E-state index contributed by atoms with van der Waals surface area (Å²) in [7, 11) is 1.06. The summed E-state index contributed by atoms with van der Waals surface area (Å²) in [5.74, 6) is -3.09. The summed E-state index contributed by atoms with van der Waals surface area (Å²) in [4.78, 5) is 30.4. The van der Waals surface area contributed by atoms with Gasteiger partial charge >= 0.3 is 11.9 Å². The molecule has 5 nitrogen and oxygen atoms in total. The molecule has 1 atom stereocenters. The number of esters is 1. The normalized spacial score (nSPS) is 11.8. The van der Waals surface area contributed by atoms with Crippen LogP contribution in [0.1, 0.15) is 6.42 Å². The molecule has 0 radical (unpaired) electrons. The van der Waals surface area contributed by atoms with Gasteiger partial charge in [-0.3, -0.25) is 9.59 Å². The van der Waals surface area contributed by atoms with Crippen LogP contribution in [0.3, 0.4) is 0 Å². The molecule has 0 amide bonds. The predicted octanol–water partition coefficient (Wildman–Crippen LogP) is -0.0333. The Morgan fingerprint density at radius 1 is 1.50 bits per heavy atom. The molecule has 68 valence electrons. The molecule has 0 aliphatic rings. The number of hydrogen-bond donors (Lipinski definition) is 1. The van der Waals surface area contributed by atoms with Crippen molar-refractivity contribution in [3.05, 3.63) is 0 Å². The first-order valence-electron chi connectivity index (χ1n) is 2.97. The van der Waals surface area contributed by atoms with Gasteiger partial charge in [0, 0.05) is 0 Å². The highest BCUT2D eigenvalue weighted by atomic mass is 79.9. The maximum absolute atomic E-state index is 10.8. The molecule has 0 aromatic rings. The fourth-order valence-electron chi connectivity index (χ4n) is 0.474. The van der Waals surface area contributed by atoms with Crippen molar-refractivity contribution >= 4 is 33.7 Å². The van der Waals surface area contributed by atoms with Gasteiger partial charge in [-0.25, -0.2) is 4.79 Å². The maximum atomic E-state index is 10.8. The Morgan fingerprint density at radius 3 is 2.33 bits per heavy atom. The van der Waals surface area contributed by atoms with Gasteiger partial charge in [0.15, 0.2) is 0 Å². The molecular formula is C6H7BrO5. The van der Waals surface area contributed by atoms with Crippen molar-refractivity contribution in [1.82, 2.24) is 0 Å². The maximum Gasteiger partial charge on any atom is 0.375 e. The van der Waals surface area contributed by atoms with Crippen LogP contribution in [0.5, 0.6) is 0 Å². The summed E-state index contributed by atoms with van der Waals surface area (Å²) in [6.45, 7) is 0. The minimum absolute atomic E-state index is 0.437. The number of methoxy groups -OCH3 is 1. The summed E-state index contributed by atoms with van der Waals surface area (Å²) in [5.41, 5.74) is 0. The molecule has 0 rings (SSSR count). The Balaban J connectivity index is 4.10. The second kappa shape index (κ2) is 4.87. The lowest BCUT2D eigenvalue weighted by molar-refractivity contribution is -0.151. The lowest BCUT2D eigenvalue weighted by Gasteiger charge is -2.02. The zero-order chi connectivity index (χ0) is 9.72. The predicted molar refractivity (Wildman–Crippen MR) is 42.0 cm³/mol. The SMILES string of the molecule is COC(=O)C(=O)C(Br)CC(=O)O. The van der Waals surface area contributed by atoms with Crippen LogP contribution in [0.15, 0.2) is 0 Å². The number of carboxylic acid groups (broad SMARTS) is 1. The van der Waals surface area contributed by atoms with E-state index in [1.807, 2.05) is 0 Å². The second-order valence-corrected chi connectivity index (χ2v) is 3.03. The number of carboxylic acids is 1. The minimum atomic E-state index is -1.16. The van der Waals surface area contributed by atoms with E-state index in [-0.39, 0.29) is 0 Å². The molecule has 6 heteroatoms. The van der Waals surface area contributed by atoms with Gasteiger partial charge in [-0.15, -0.1) is 0 Å². The Labute approximate surface area is 76.8 Å². The number of ether oxygens (including phenoxy) is 1. The van der Waals surface area contributed by atoms with E-state index >= 15 is 0 Å². The van der Waals surface area contributed by atoms with Gasteiger partial charge in [0.05, 0.1) is 18.4 Å². The summed E-state index contributed by atoms with van der Waals surface area (Å²) in [5, 5.41) is 8.25. The highest BCUT2D eigenvalue weighted by Gasteiger charge is 2.25. The third kappa shape index (κ3) is 3.47. The summed E-state index contributed by atoms with van der Waals surface area (Å²) >= 11 is 2.75. The van der Waals surface area contributed by atoms with Gasteiger partial charge < -0.3 is 9.84 Å². The minimum Gasteiger partial charge on any atom is -0.481 e. The number of carbonyl (C=O) groups is 3. The largest absolute Gasteiger partial charge is 0.481 e. The fourth-order valence-corrected chi connectivity index (χ4v) is 0.938. The van der Waals surface area contributed by atoms with E-state index < -0.39 is 29.0 Å². The molecule has 0 aromatic heterocycles. The molecule has 0 spiro atoms. The molecule has 0 saturated carbocycles. The van der Waals surface area contributed by atoms with E-state index in [4.69, 9.17) is 5.11 Å². The lowest BCUT2D eigenvalue weighted by Crippen LogP contribution is -2.26. The fraction of sp³-hybridized carbons (Fsp3) is 0.500. The standard InChI is InChI=1S/C6H7BrO5/c1-12-6(11)5(10)3(7)2-4(8)9/h3H,2H2,1H3,(H,8,9). The number of carbonyl (C=O) groups excluding carboxylic acids is 2. The van der Waals surface area contributed by atoms with E-state index in [2.05, 4.69) is 20.7 Å². The quantitative estimate of drug-likeness (QED) is 0.423. The molecule has 1 N–H and O–H groups in total. The third-order valence-corrected chi connectivity index (χ3v) is 1.76. The van der Waals surface area contributed by atoms with Gasteiger partial charge in [-0.1, -0.05) is 15.9 Å². The molecule has 12 heavy (non-hydrogen) atoms. The molecule has 0 aliphatic carbocycles. The Kier molecular flexibility index (Phi) is 4.50. The highest BCUT2D eigenvalue weighted by Crippen LogP contribution is 2.07. The molecule has 0 fully saturated rings. The zero-order valence-electron chi connectivity index (χ0n) is 6.24. The number of hydrogen-bond acceptors (Lipinski definition) is 4. The topological polar surface area (TPSA) is 80.7 Å². The smallest absolute Gasteiger partial charge is 0.375 e. The lowest BCUT2D eigenvalue weighted by atomic mass is 10.2. The van der Waals surface area contributed by atoms with Crippen molar-refractivity contribution in [3.8, 4) is 0 Å². The number of Topliss-reactive ketones (excluding diaryl/α,β-unsaturated/α-hetero) is 1. The zero-order valence-corrected chi connectivity index (χ0v) is 7.83. The Bertz CT molecular complexity index is 212. The van der Waals surface area contributed by atoms with Crippen LogP contribution >= 0.6 is 15.9 Å². The number of alkyl halides is 1. The second-order valence-electron chi connectivity index (χ2n) is 1.92. The van der Waals surface area contributed by atoms with E-state index in [1.165, 1.54) is 0 Å². The van der Waals surface area contributed by atoms with E-state index in [9.17, 15) is 14.4 Å². The third-order valence-electron chi connectivity index (χ3n) is 1.02. The molecular weight excluding hydrogens is 232 g/mol. The van der Waals surface area contributed by atoms with Crippen LogP contribution in [0.25, 0.3) is 0 Å². The monoisotopic (exact) mass is 238 g/mol. The summed E-state index contributed by atoms with van der Waals surface area (Å²) in [6.07, 6.45) is -0.437. The van der Waals surface area contributed by atoms with Gasteiger partial charge in [0.1, 0.15) is 0 Å². The Hall–Kier alpha value is -0.910. The molecule has 0 aliphatic heterocycles. The van der Waals surface area contributed by atoms with Gasteiger partial charge in [-0.2, -0.15) is 0 Å². The van der Waals surface area contributed by atoms with Crippen LogP contribution < -0.4 is 0 Å². The number of rotatable bonds is 4. The average molecular weight is 239 g/mol. The molecule has 1 unspecified atom stereocenters. The average Bonchev–Trinajstić information content (AvgIpc) is 2.00. The van der Waals surface area contributed by atoms with E-state index in [0.717, 1.165) is 7.11 Å². The van der Waals surface area contributed by atoms with Crippen LogP contribution in [0.2, 0.25) is 0 Å². The van der Waals surface area contributed by atoms with Crippen molar-refractivity contribution in [1.29, 1.82) is 0 Å². The van der Waals surface area contributed by atoms with Gasteiger partial charge in [0.2, 0.25) is 0 Å². The van der Waals surface area contributed by atoms with Crippen LogP contribution in [-0.2, 0) is 19.1 Å². The number of halogens is 1. The summed E-state index contributed by atoms with van der Waals surface area (Å²) < 4.78 is 4.10. The van der Waals surface area contributed by atoms with E-state index in [0.29, 0.717) is 0 Å². The molecule has 0 saturated heterocycles. The first kappa shape index (κ1) is 11.1. The van der Waals surface area contributed by atoms with Crippen molar-refractivity contribution in [2.24, 2.45) is 0 Å². The first-order valence-corrected chi connectivity index (χ1v) is 3.88. The van der Waals surface area contributed by atoms with Crippen molar-refractivity contribution < 1.29 is 24.2 Å². The van der Waals surface area contributed by atoms with Gasteiger partial charge in [-0.05, 0) is 0 Å². The number of ketones is 1. The molecule has 0 aromatic carbocycles. The van der Waals surface area contributed by atoms with E-state index in [1.54, 1.807) is 0 Å². The van der Waals surface area contributed by atoms with Crippen LogP contribution in [0.4, 0.5) is 0 Å². The summed E-state index contributed by atoms with van der Waals surface area (Å²) in [6, 6.07) is 0. The van der Waals surface area contributed by atoms with Crippen molar-refractivity contribution in [2.45, 2.75) is 11.2 Å². The number of aliphatic carboxylic acids is 1.